The minimum Gasteiger partial charge on any atom is -0.454 e. The van der Waals surface area contributed by atoms with Gasteiger partial charge < -0.3 is 9.15 Å². The number of furan rings is 1. The van der Waals surface area contributed by atoms with Gasteiger partial charge in [-0.2, -0.15) is 5.10 Å². The first-order valence-corrected chi connectivity index (χ1v) is 8.26. The van der Waals surface area contributed by atoms with E-state index in [1.807, 2.05) is 23.5 Å². The smallest absolute Gasteiger partial charge is 0.301 e. The van der Waals surface area contributed by atoms with Gasteiger partial charge in [-0.05, 0) is 41.9 Å². The van der Waals surface area contributed by atoms with Crippen LogP contribution in [0.2, 0.25) is 0 Å². The number of amides is 1. The summed E-state index contributed by atoms with van der Waals surface area (Å²) in [4.78, 5) is 12.2. The molecule has 124 valence electrons. The minimum atomic E-state index is -0.243. The maximum Gasteiger partial charge on any atom is 0.301 e. The van der Waals surface area contributed by atoms with Crippen LogP contribution in [0.1, 0.15) is 27.7 Å². The summed E-state index contributed by atoms with van der Waals surface area (Å²) >= 11 is 3.50. The summed E-state index contributed by atoms with van der Waals surface area (Å²) < 4.78 is 13.7. The molecule has 1 fully saturated rings. The average molecular weight is 383 g/mol. The maximum atomic E-state index is 12.2. The number of halogens is 1. The average Bonchev–Trinajstić information content (AvgIpc) is 3.10. The van der Waals surface area contributed by atoms with Gasteiger partial charge in [0.25, 0.3) is 0 Å². The Morgan fingerprint density at radius 2 is 2.09 bits per heavy atom. The molecule has 2 aromatic rings. The van der Waals surface area contributed by atoms with E-state index < -0.39 is 0 Å². The molecule has 0 bridgehead atoms. The fraction of sp³-hybridized carbons (Fsp3) is 0.467. The third-order valence-electron chi connectivity index (χ3n) is 3.75. The van der Waals surface area contributed by atoms with Crippen LogP contribution in [0.5, 0.6) is 0 Å². The molecule has 23 heavy (non-hydrogen) atoms. The first-order chi connectivity index (χ1) is 11.0. The number of hydrogen-bond acceptors (Lipinski definition) is 5. The lowest BCUT2D eigenvalue weighted by molar-refractivity contribution is 0.0117. The lowest BCUT2D eigenvalue weighted by atomic mass is 10.4. The number of carbonyl (C=O) groups is 1. The summed E-state index contributed by atoms with van der Waals surface area (Å²) in [7, 11) is 0. The van der Waals surface area contributed by atoms with Crippen molar-refractivity contribution in [2.24, 2.45) is 0 Å². The zero-order valence-corrected chi connectivity index (χ0v) is 14.7. The molecule has 1 saturated heterocycles. The lowest BCUT2D eigenvalue weighted by Crippen LogP contribution is -2.48. The quantitative estimate of drug-likeness (QED) is 0.873. The second-order valence-electron chi connectivity index (χ2n) is 5.45. The number of ether oxygens (including phenoxy) is 1. The van der Waals surface area contributed by atoms with E-state index in [0.29, 0.717) is 44.4 Å². The standard InChI is InChI=1S/C15H19BrN4O3/c1-10-14(16)11(2)20(17-10)9-12-3-4-13(23-12)15(21)18-19-5-7-22-8-6-19/h3-4H,5-9H2,1-2H3,(H,18,21). The molecule has 0 unspecified atom stereocenters. The molecule has 0 aliphatic carbocycles. The summed E-state index contributed by atoms with van der Waals surface area (Å²) in [5.74, 6) is 0.745. The third-order valence-corrected chi connectivity index (χ3v) is 4.90. The van der Waals surface area contributed by atoms with E-state index in [1.54, 1.807) is 12.1 Å². The highest BCUT2D eigenvalue weighted by Gasteiger charge is 2.18. The van der Waals surface area contributed by atoms with Gasteiger partial charge >= 0.3 is 5.91 Å². The predicted molar refractivity (Wildman–Crippen MR) is 87.1 cm³/mol. The fourth-order valence-corrected chi connectivity index (χ4v) is 2.72. The SMILES string of the molecule is Cc1nn(Cc2ccc(C(=O)NN3CCOCC3)o2)c(C)c1Br. The Morgan fingerprint density at radius 1 is 1.35 bits per heavy atom. The Morgan fingerprint density at radius 3 is 2.74 bits per heavy atom. The lowest BCUT2D eigenvalue weighted by Gasteiger charge is -2.26. The molecule has 3 heterocycles. The monoisotopic (exact) mass is 382 g/mol. The number of morpholine rings is 1. The molecule has 8 heteroatoms. The van der Waals surface area contributed by atoms with Gasteiger partial charge in [-0.3, -0.25) is 14.9 Å². The van der Waals surface area contributed by atoms with Gasteiger partial charge in [0.1, 0.15) is 5.76 Å². The Hall–Kier alpha value is -1.64. The van der Waals surface area contributed by atoms with Gasteiger partial charge in [0.05, 0.1) is 35.6 Å². The Labute approximate surface area is 142 Å². The van der Waals surface area contributed by atoms with Crippen LogP contribution in [0.25, 0.3) is 0 Å². The fourth-order valence-electron chi connectivity index (χ4n) is 2.44. The van der Waals surface area contributed by atoms with Crippen LogP contribution >= 0.6 is 15.9 Å². The second kappa shape index (κ2) is 6.86. The van der Waals surface area contributed by atoms with Crippen molar-refractivity contribution in [1.82, 2.24) is 20.2 Å². The number of hydrogen-bond donors (Lipinski definition) is 1. The van der Waals surface area contributed by atoms with Gasteiger partial charge in [0, 0.05) is 13.1 Å². The van der Waals surface area contributed by atoms with Crippen molar-refractivity contribution in [2.45, 2.75) is 20.4 Å². The van der Waals surface area contributed by atoms with Crippen LogP contribution in [0.15, 0.2) is 21.0 Å². The number of nitrogens with zero attached hydrogens (tertiary/aromatic N) is 3. The van der Waals surface area contributed by atoms with E-state index in [-0.39, 0.29) is 5.91 Å². The largest absolute Gasteiger partial charge is 0.454 e. The first-order valence-electron chi connectivity index (χ1n) is 7.46. The van der Waals surface area contributed by atoms with Crippen molar-refractivity contribution in [3.8, 4) is 0 Å². The summed E-state index contributed by atoms with van der Waals surface area (Å²) in [5, 5.41) is 6.28. The third kappa shape index (κ3) is 3.65. The molecule has 0 atom stereocenters. The van der Waals surface area contributed by atoms with E-state index in [9.17, 15) is 4.79 Å². The van der Waals surface area contributed by atoms with Crippen molar-refractivity contribution in [3.05, 3.63) is 39.5 Å². The van der Waals surface area contributed by atoms with Gasteiger partial charge in [-0.1, -0.05) is 0 Å². The van der Waals surface area contributed by atoms with Crippen LogP contribution in [0.3, 0.4) is 0 Å². The molecule has 2 aromatic heterocycles. The Bertz CT molecular complexity index is 704. The maximum absolute atomic E-state index is 12.2. The second-order valence-corrected chi connectivity index (χ2v) is 6.24. The van der Waals surface area contributed by atoms with Gasteiger partial charge in [0.15, 0.2) is 5.76 Å². The van der Waals surface area contributed by atoms with Crippen LogP contribution < -0.4 is 5.43 Å². The van der Waals surface area contributed by atoms with Crippen molar-refractivity contribution in [3.63, 3.8) is 0 Å². The first kappa shape index (κ1) is 16.2. The van der Waals surface area contributed by atoms with Crippen molar-refractivity contribution in [1.29, 1.82) is 0 Å². The molecule has 0 saturated carbocycles. The van der Waals surface area contributed by atoms with E-state index in [2.05, 4.69) is 26.5 Å². The predicted octanol–water partition coefficient (Wildman–Crippen LogP) is 1.88. The van der Waals surface area contributed by atoms with Gasteiger partial charge in [-0.25, -0.2) is 5.01 Å². The number of hydrazine groups is 1. The van der Waals surface area contributed by atoms with Gasteiger partial charge in [-0.15, -0.1) is 0 Å². The van der Waals surface area contributed by atoms with Crippen LogP contribution in [0, 0.1) is 13.8 Å². The number of nitrogens with one attached hydrogen (secondary N) is 1. The highest BCUT2D eigenvalue weighted by molar-refractivity contribution is 9.10. The highest BCUT2D eigenvalue weighted by Crippen LogP contribution is 2.21. The molecule has 0 spiro atoms. The molecule has 1 aliphatic heterocycles. The number of aromatic nitrogens is 2. The van der Waals surface area contributed by atoms with E-state index >= 15 is 0 Å². The molecule has 1 amide bonds. The van der Waals surface area contributed by atoms with Crippen molar-refractivity contribution in [2.75, 3.05) is 26.3 Å². The molecule has 1 aliphatic rings. The van der Waals surface area contributed by atoms with Gasteiger partial charge in [0.2, 0.25) is 0 Å². The minimum absolute atomic E-state index is 0.243. The van der Waals surface area contributed by atoms with Crippen LogP contribution in [-0.2, 0) is 11.3 Å². The zero-order valence-electron chi connectivity index (χ0n) is 13.1. The molecule has 7 nitrogen and oxygen atoms in total. The van der Waals surface area contributed by atoms with E-state index in [1.165, 1.54) is 0 Å². The summed E-state index contributed by atoms with van der Waals surface area (Å²) in [6, 6.07) is 3.49. The molecule has 0 aromatic carbocycles. The van der Waals surface area contributed by atoms with E-state index in [4.69, 9.17) is 9.15 Å². The summed E-state index contributed by atoms with van der Waals surface area (Å²) in [6.45, 7) is 7.02. The normalized spacial score (nSPS) is 15.8. The van der Waals surface area contributed by atoms with Crippen LogP contribution in [0.4, 0.5) is 0 Å². The molecule has 0 radical (unpaired) electrons. The zero-order chi connectivity index (χ0) is 16.4. The summed E-state index contributed by atoms with van der Waals surface area (Å²) in [5.41, 5.74) is 4.78. The number of rotatable bonds is 4. The Kier molecular flexibility index (Phi) is 4.84. The van der Waals surface area contributed by atoms with Crippen LogP contribution in [-0.4, -0.2) is 47.0 Å². The topological polar surface area (TPSA) is 72.5 Å². The Balaban J connectivity index is 1.65. The summed E-state index contributed by atoms with van der Waals surface area (Å²) in [6.07, 6.45) is 0. The molecular weight excluding hydrogens is 364 g/mol. The van der Waals surface area contributed by atoms with E-state index in [0.717, 1.165) is 15.9 Å². The molecule has 3 rings (SSSR count). The number of aryl methyl sites for hydroxylation is 1. The van der Waals surface area contributed by atoms with Crippen molar-refractivity contribution >= 4 is 21.8 Å². The highest BCUT2D eigenvalue weighted by atomic mass is 79.9. The van der Waals surface area contributed by atoms with Crippen molar-refractivity contribution < 1.29 is 13.9 Å². The molecular formula is C15H19BrN4O3. The molecule has 1 N–H and O–H groups in total. The number of carbonyl (C=O) groups excluding carboxylic acids is 1.